The Morgan fingerprint density at radius 1 is 1.24 bits per heavy atom. The molecule has 0 radical (unpaired) electrons. The van der Waals surface area contributed by atoms with Crippen molar-refractivity contribution in [3.05, 3.63) is 47.5 Å². The summed E-state index contributed by atoms with van der Waals surface area (Å²) >= 11 is 0. The quantitative estimate of drug-likeness (QED) is 0.716. The molecule has 3 heterocycles. The molecule has 0 bridgehead atoms. The van der Waals surface area contributed by atoms with Crippen LogP contribution >= 0.6 is 0 Å². The number of phenols is 1. The maximum Gasteiger partial charge on any atom is 0.433 e. The summed E-state index contributed by atoms with van der Waals surface area (Å²) in [6.45, 7) is 1.91. The van der Waals surface area contributed by atoms with Gasteiger partial charge in [0.05, 0.1) is 7.11 Å². The zero-order valence-corrected chi connectivity index (χ0v) is 15.7. The maximum absolute atomic E-state index is 13.4. The maximum atomic E-state index is 13.4. The van der Waals surface area contributed by atoms with E-state index in [1.807, 2.05) is 12.1 Å². The lowest BCUT2D eigenvalue weighted by Crippen LogP contribution is -2.33. The van der Waals surface area contributed by atoms with Crippen molar-refractivity contribution in [2.75, 3.05) is 20.2 Å². The van der Waals surface area contributed by atoms with Crippen LogP contribution in [-0.4, -0.2) is 49.8 Å². The molecule has 0 aliphatic carbocycles. The fourth-order valence-electron chi connectivity index (χ4n) is 3.73. The topological polar surface area (TPSA) is 75.8 Å². The van der Waals surface area contributed by atoms with Gasteiger partial charge in [0.2, 0.25) is 0 Å². The van der Waals surface area contributed by atoms with Crippen molar-refractivity contribution in [1.82, 2.24) is 24.5 Å². The van der Waals surface area contributed by atoms with Gasteiger partial charge in [-0.2, -0.15) is 27.8 Å². The Kier molecular flexibility index (Phi) is 5.03. The molecule has 2 aromatic heterocycles. The van der Waals surface area contributed by atoms with Gasteiger partial charge in [-0.25, -0.2) is 4.98 Å². The third kappa shape index (κ3) is 3.84. The Balaban J connectivity index is 1.49. The molecule has 10 heteroatoms. The lowest BCUT2D eigenvalue weighted by Gasteiger charge is -2.32. The molecule has 7 nitrogen and oxygen atoms in total. The number of nitrogens with zero attached hydrogens (tertiary/aromatic N) is 5. The summed E-state index contributed by atoms with van der Waals surface area (Å²) in [4.78, 5) is 10.3. The number of ether oxygens (including phenoxy) is 1. The van der Waals surface area contributed by atoms with Crippen LogP contribution in [0.3, 0.4) is 0 Å². The molecular weight excluding hydrogens is 387 g/mol. The number of benzene rings is 1. The molecule has 1 fully saturated rings. The van der Waals surface area contributed by atoms with E-state index < -0.39 is 11.9 Å². The predicted molar refractivity (Wildman–Crippen MR) is 97.7 cm³/mol. The van der Waals surface area contributed by atoms with Crippen molar-refractivity contribution in [2.24, 2.45) is 0 Å². The lowest BCUT2D eigenvalue weighted by atomic mass is 9.92. The molecule has 154 valence electrons. The first-order chi connectivity index (χ1) is 13.9. The molecule has 0 atom stereocenters. The zero-order valence-electron chi connectivity index (χ0n) is 15.7. The van der Waals surface area contributed by atoms with E-state index >= 15 is 0 Å². The number of aromatic hydroxyl groups is 1. The Hall–Kier alpha value is -2.88. The van der Waals surface area contributed by atoms with Crippen LogP contribution < -0.4 is 4.74 Å². The van der Waals surface area contributed by atoms with Crippen LogP contribution in [0.5, 0.6) is 11.5 Å². The molecule has 1 aromatic carbocycles. The number of aromatic nitrogens is 4. The lowest BCUT2D eigenvalue weighted by molar-refractivity contribution is -0.142. The standard InChI is InChI=1S/C19H20F3N5O2/c1-29-15-4-2-3-13(17(15)28)10-26-7-5-12(6-8-26)14-9-16(19(20,21)22)27-18(25-14)23-11-24-27/h2-4,9,11-12,28H,5-8,10H2,1H3. The number of hydrogen-bond donors (Lipinski definition) is 1. The molecule has 1 N–H and O–H groups in total. The van der Waals surface area contributed by atoms with Gasteiger partial charge in [-0.05, 0) is 38.1 Å². The van der Waals surface area contributed by atoms with Crippen LogP contribution in [0, 0.1) is 0 Å². The largest absolute Gasteiger partial charge is 0.504 e. The molecular formula is C19H20F3N5O2. The highest BCUT2D eigenvalue weighted by atomic mass is 19.4. The monoisotopic (exact) mass is 407 g/mol. The third-order valence-corrected chi connectivity index (χ3v) is 5.26. The summed E-state index contributed by atoms with van der Waals surface area (Å²) in [6, 6.07) is 6.42. The highest BCUT2D eigenvalue weighted by Crippen LogP contribution is 2.35. The minimum atomic E-state index is -4.53. The first-order valence-electron chi connectivity index (χ1n) is 9.22. The smallest absolute Gasteiger partial charge is 0.433 e. The fourth-order valence-corrected chi connectivity index (χ4v) is 3.73. The number of alkyl halides is 3. The summed E-state index contributed by atoms with van der Waals surface area (Å²) < 4.78 is 46.0. The first kappa shape index (κ1) is 19.4. The number of para-hydroxylation sites is 1. The van der Waals surface area contributed by atoms with Crippen LogP contribution in [0.25, 0.3) is 5.78 Å². The van der Waals surface area contributed by atoms with Crippen molar-refractivity contribution in [1.29, 1.82) is 0 Å². The Morgan fingerprint density at radius 3 is 2.69 bits per heavy atom. The third-order valence-electron chi connectivity index (χ3n) is 5.26. The molecule has 29 heavy (non-hydrogen) atoms. The second-order valence-corrected chi connectivity index (χ2v) is 7.05. The number of phenolic OH excluding ortho intramolecular Hbond substituents is 1. The van der Waals surface area contributed by atoms with Gasteiger partial charge >= 0.3 is 6.18 Å². The molecule has 0 amide bonds. The van der Waals surface area contributed by atoms with E-state index in [0.29, 0.717) is 43.9 Å². The molecule has 0 unspecified atom stereocenters. The van der Waals surface area contributed by atoms with Crippen molar-refractivity contribution in [3.8, 4) is 11.5 Å². The van der Waals surface area contributed by atoms with Crippen molar-refractivity contribution in [2.45, 2.75) is 31.5 Å². The van der Waals surface area contributed by atoms with Crippen LogP contribution in [-0.2, 0) is 12.7 Å². The number of fused-ring (bicyclic) bond motifs is 1. The van der Waals surface area contributed by atoms with E-state index in [1.165, 1.54) is 7.11 Å². The SMILES string of the molecule is COc1cccc(CN2CCC(c3cc(C(F)(F)F)n4ncnc4n3)CC2)c1O. The molecule has 0 spiro atoms. The Bertz CT molecular complexity index is 1010. The van der Waals surface area contributed by atoms with Gasteiger partial charge in [0.25, 0.3) is 5.78 Å². The summed E-state index contributed by atoms with van der Waals surface area (Å²) in [5, 5.41) is 13.9. The minimum absolute atomic E-state index is 0.0430. The van der Waals surface area contributed by atoms with E-state index in [2.05, 4.69) is 20.0 Å². The molecule has 1 aliphatic heterocycles. The van der Waals surface area contributed by atoms with Crippen LogP contribution in [0.2, 0.25) is 0 Å². The van der Waals surface area contributed by atoms with Gasteiger partial charge < -0.3 is 9.84 Å². The average Bonchev–Trinajstić information content (AvgIpc) is 3.17. The Morgan fingerprint density at radius 2 is 2.00 bits per heavy atom. The minimum Gasteiger partial charge on any atom is -0.504 e. The van der Waals surface area contributed by atoms with Crippen LogP contribution in [0.1, 0.15) is 35.7 Å². The number of likely N-dealkylation sites (tertiary alicyclic amines) is 1. The number of halogens is 3. The number of hydrogen-bond acceptors (Lipinski definition) is 6. The normalized spacial score (nSPS) is 16.4. The summed E-state index contributed by atoms with van der Waals surface area (Å²) in [6.07, 6.45) is -2.13. The fraction of sp³-hybridized carbons (Fsp3) is 0.421. The summed E-state index contributed by atoms with van der Waals surface area (Å²) in [5.74, 6) is 0.403. The van der Waals surface area contributed by atoms with Gasteiger partial charge in [-0.15, -0.1) is 0 Å². The molecule has 4 rings (SSSR count). The second-order valence-electron chi connectivity index (χ2n) is 7.05. The number of rotatable bonds is 4. The van der Waals surface area contributed by atoms with Gasteiger partial charge in [-0.3, -0.25) is 4.90 Å². The zero-order chi connectivity index (χ0) is 20.6. The average molecular weight is 407 g/mol. The van der Waals surface area contributed by atoms with E-state index in [-0.39, 0.29) is 17.4 Å². The summed E-state index contributed by atoms with van der Waals surface area (Å²) in [5.41, 5.74) is 0.283. The van der Waals surface area contributed by atoms with Gasteiger partial charge in [-0.1, -0.05) is 12.1 Å². The van der Waals surface area contributed by atoms with Crippen molar-refractivity contribution in [3.63, 3.8) is 0 Å². The van der Waals surface area contributed by atoms with E-state index in [4.69, 9.17) is 4.74 Å². The van der Waals surface area contributed by atoms with Crippen molar-refractivity contribution < 1.29 is 23.0 Å². The highest BCUT2D eigenvalue weighted by molar-refractivity contribution is 5.45. The predicted octanol–water partition coefficient (Wildman–Crippen LogP) is 3.24. The van der Waals surface area contributed by atoms with Crippen molar-refractivity contribution >= 4 is 5.78 Å². The number of piperidine rings is 1. The molecule has 0 saturated carbocycles. The molecule has 1 aliphatic rings. The Labute approximate surface area is 164 Å². The van der Waals surface area contributed by atoms with E-state index in [9.17, 15) is 18.3 Å². The first-order valence-corrected chi connectivity index (χ1v) is 9.22. The van der Waals surface area contributed by atoms with E-state index in [1.54, 1.807) is 6.07 Å². The summed E-state index contributed by atoms with van der Waals surface area (Å²) in [7, 11) is 1.50. The van der Waals surface area contributed by atoms with Crippen LogP contribution in [0.4, 0.5) is 13.2 Å². The number of methoxy groups -OCH3 is 1. The molecule has 3 aromatic rings. The van der Waals surface area contributed by atoms with E-state index in [0.717, 1.165) is 22.5 Å². The second kappa shape index (κ2) is 7.51. The van der Waals surface area contributed by atoms with Gasteiger partial charge in [0, 0.05) is 23.7 Å². The molecule has 1 saturated heterocycles. The van der Waals surface area contributed by atoms with Gasteiger partial charge in [0.1, 0.15) is 6.33 Å². The van der Waals surface area contributed by atoms with Gasteiger partial charge in [0.15, 0.2) is 17.2 Å². The highest BCUT2D eigenvalue weighted by Gasteiger charge is 2.36. The van der Waals surface area contributed by atoms with Crippen LogP contribution in [0.15, 0.2) is 30.6 Å².